The Kier molecular flexibility index (Phi) is 2.85. The molecule has 0 saturated heterocycles. The van der Waals surface area contributed by atoms with E-state index in [0.717, 1.165) is 19.5 Å². The molecule has 0 aliphatic carbocycles. The highest BCUT2D eigenvalue weighted by Gasteiger charge is 2.18. The molecule has 2 aromatic heterocycles. The van der Waals surface area contributed by atoms with Gasteiger partial charge in [0, 0.05) is 18.0 Å². The summed E-state index contributed by atoms with van der Waals surface area (Å²) in [6, 6.07) is 2.15. The topological polar surface area (TPSA) is 64.2 Å². The summed E-state index contributed by atoms with van der Waals surface area (Å²) in [7, 11) is 0. The van der Waals surface area contributed by atoms with E-state index in [0.29, 0.717) is 6.67 Å². The summed E-state index contributed by atoms with van der Waals surface area (Å²) in [5.74, 6) is 0. The normalized spacial score (nSPS) is 15.6. The van der Waals surface area contributed by atoms with Gasteiger partial charge >= 0.3 is 5.69 Å². The molecule has 18 heavy (non-hydrogen) atoms. The lowest BCUT2D eigenvalue weighted by molar-refractivity contribution is -0.385. The van der Waals surface area contributed by atoms with E-state index in [4.69, 9.17) is 0 Å². The van der Waals surface area contributed by atoms with E-state index in [1.807, 2.05) is 0 Å². The predicted molar refractivity (Wildman–Crippen MR) is 67.3 cm³/mol. The summed E-state index contributed by atoms with van der Waals surface area (Å²) < 4.78 is 1.62. The number of nitrogens with zero attached hydrogens (tertiary/aromatic N) is 4. The Balaban J connectivity index is 1.68. The van der Waals surface area contributed by atoms with Crippen LogP contribution in [-0.2, 0) is 19.6 Å². The van der Waals surface area contributed by atoms with Gasteiger partial charge in [-0.3, -0.25) is 19.7 Å². The highest BCUT2D eigenvalue weighted by molar-refractivity contribution is 7.10. The Morgan fingerprint density at radius 3 is 3.22 bits per heavy atom. The van der Waals surface area contributed by atoms with Gasteiger partial charge in [-0.15, -0.1) is 11.3 Å². The molecule has 1 aliphatic rings. The van der Waals surface area contributed by atoms with Gasteiger partial charge in [0.15, 0.2) is 0 Å². The van der Waals surface area contributed by atoms with Crippen LogP contribution in [0.2, 0.25) is 0 Å². The quantitative estimate of drug-likeness (QED) is 0.627. The minimum absolute atomic E-state index is 0.0447. The van der Waals surface area contributed by atoms with Gasteiger partial charge in [-0.25, -0.2) is 0 Å². The van der Waals surface area contributed by atoms with Gasteiger partial charge in [0.05, 0.1) is 11.6 Å². The minimum Gasteiger partial charge on any atom is -0.280 e. The summed E-state index contributed by atoms with van der Waals surface area (Å²) in [5.41, 5.74) is 1.41. The van der Waals surface area contributed by atoms with E-state index in [2.05, 4.69) is 21.4 Å². The largest absolute Gasteiger partial charge is 0.307 e. The molecule has 0 atom stereocenters. The third-order valence-electron chi connectivity index (χ3n) is 3.06. The van der Waals surface area contributed by atoms with Crippen molar-refractivity contribution in [1.29, 1.82) is 0 Å². The lowest BCUT2D eigenvalue weighted by Crippen LogP contribution is -2.31. The number of hydrogen-bond donors (Lipinski definition) is 0. The first-order chi connectivity index (χ1) is 8.72. The van der Waals surface area contributed by atoms with Crippen LogP contribution in [-0.4, -0.2) is 26.1 Å². The molecule has 94 valence electrons. The van der Waals surface area contributed by atoms with E-state index in [1.54, 1.807) is 16.0 Å². The van der Waals surface area contributed by atoms with Crippen molar-refractivity contribution in [3.05, 3.63) is 44.4 Å². The Morgan fingerprint density at radius 2 is 2.44 bits per heavy atom. The smallest absolute Gasteiger partial charge is 0.280 e. The van der Waals surface area contributed by atoms with E-state index in [-0.39, 0.29) is 5.69 Å². The molecular formula is C11H12N4O2S. The Bertz CT molecular complexity index is 577. The van der Waals surface area contributed by atoms with Gasteiger partial charge in [0.1, 0.15) is 12.4 Å². The second-order valence-corrected chi connectivity index (χ2v) is 5.31. The maximum absolute atomic E-state index is 10.6. The van der Waals surface area contributed by atoms with Crippen molar-refractivity contribution in [2.24, 2.45) is 0 Å². The van der Waals surface area contributed by atoms with Gasteiger partial charge < -0.3 is 0 Å². The summed E-state index contributed by atoms with van der Waals surface area (Å²) in [6.45, 7) is 2.47. The zero-order valence-corrected chi connectivity index (χ0v) is 10.5. The highest BCUT2D eigenvalue weighted by atomic mass is 32.1. The van der Waals surface area contributed by atoms with Gasteiger partial charge in [0.25, 0.3) is 0 Å². The molecule has 6 nitrogen and oxygen atoms in total. The molecule has 0 bridgehead atoms. The van der Waals surface area contributed by atoms with Crippen LogP contribution in [0.5, 0.6) is 0 Å². The molecule has 0 saturated carbocycles. The van der Waals surface area contributed by atoms with E-state index >= 15 is 0 Å². The summed E-state index contributed by atoms with van der Waals surface area (Å²) in [6.07, 6.45) is 3.82. The first-order valence-electron chi connectivity index (χ1n) is 5.67. The van der Waals surface area contributed by atoms with Crippen LogP contribution >= 0.6 is 11.3 Å². The van der Waals surface area contributed by atoms with E-state index in [1.165, 1.54) is 22.8 Å². The molecular weight excluding hydrogens is 252 g/mol. The number of hydrogen-bond acceptors (Lipinski definition) is 5. The average Bonchev–Trinajstić information content (AvgIpc) is 2.96. The van der Waals surface area contributed by atoms with Crippen LogP contribution in [0, 0.1) is 10.1 Å². The summed E-state index contributed by atoms with van der Waals surface area (Å²) in [5, 5.41) is 16.7. The van der Waals surface area contributed by atoms with Crippen molar-refractivity contribution in [3.63, 3.8) is 0 Å². The molecule has 2 aromatic rings. The van der Waals surface area contributed by atoms with E-state index < -0.39 is 4.92 Å². The fourth-order valence-corrected chi connectivity index (χ4v) is 3.05. The van der Waals surface area contributed by atoms with Gasteiger partial charge in [0.2, 0.25) is 0 Å². The van der Waals surface area contributed by atoms with Crippen molar-refractivity contribution < 1.29 is 4.92 Å². The molecule has 3 rings (SSSR count). The minimum atomic E-state index is -0.420. The third kappa shape index (κ3) is 2.14. The van der Waals surface area contributed by atoms with Crippen LogP contribution in [0.15, 0.2) is 23.8 Å². The molecule has 3 heterocycles. The molecule has 0 radical (unpaired) electrons. The Hall–Kier alpha value is -1.73. The number of rotatable bonds is 3. The molecule has 0 N–H and O–H groups in total. The number of aromatic nitrogens is 2. The number of thiophene rings is 1. The van der Waals surface area contributed by atoms with Gasteiger partial charge in [-0.1, -0.05) is 0 Å². The molecule has 0 spiro atoms. The molecule has 1 aliphatic heterocycles. The van der Waals surface area contributed by atoms with Crippen molar-refractivity contribution in [2.45, 2.75) is 19.6 Å². The van der Waals surface area contributed by atoms with Gasteiger partial charge in [-0.2, -0.15) is 5.10 Å². The summed E-state index contributed by atoms with van der Waals surface area (Å²) >= 11 is 1.80. The van der Waals surface area contributed by atoms with Crippen LogP contribution < -0.4 is 0 Å². The predicted octanol–water partition coefficient (Wildman–Crippen LogP) is 1.87. The van der Waals surface area contributed by atoms with Crippen molar-refractivity contribution >= 4 is 17.0 Å². The summed E-state index contributed by atoms with van der Waals surface area (Å²) in [4.78, 5) is 13.9. The Morgan fingerprint density at radius 1 is 1.56 bits per heavy atom. The SMILES string of the molecule is O=[N+]([O-])c1cnn(CN2CCc3sccc3C2)c1. The molecule has 0 unspecified atom stereocenters. The zero-order chi connectivity index (χ0) is 12.5. The van der Waals surface area contributed by atoms with Crippen molar-refractivity contribution in [1.82, 2.24) is 14.7 Å². The second-order valence-electron chi connectivity index (χ2n) is 4.31. The number of fused-ring (bicyclic) bond motifs is 1. The fourth-order valence-electron chi connectivity index (χ4n) is 2.16. The Labute approximate surface area is 108 Å². The van der Waals surface area contributed by atoms with Crippen molar-refractivity contribution in [3.8, 4) is 0 Å². The monoisotopic (exact) mass is 264 g/mol. The first-order valence-corrected chi connectivity index (χ1v) is 6.55. The third-order valence-corrected chi connectivity index (χ3v) is 4.09. The average molecular weight is 264 g/mol. The maximum atomic E-state index is 10.6. The van der Waals surface area contributed by atoms with Crippen LogP contribution in [0.25, 0.3) is 0 Å². The molecule has 0 amide bonds. The lowest BCUT2D eigenvalue weighted by Gasteiger charge is -2.26. The van der Waals surface area contributed by atoms with E-state index in [9.17, 15) is 10.1 Å². The second kappa shape index (κ2) is 4.51. The zero-order valence-electron chi connectivity index (χ0n) is 9.65. The molecule has 0 fully saturated rings. The van der Waals surface area contributed by atoms with Crippen LogP contribution in [0.4, 0.5) is 5.69 Å². The van der Waals surface area contributed by atoms with Crippen molar-refractivity contribution in [2.75, 3.05) is 6.54 Å². The van der Waals surface area contributed by atoms with Gasteiger partial charge in [-0.05, 0) is 23.4 Å². The first kappa shape index (κ1) is 11.4. The number of nitro groups is 1. The van der Waals surface area contributed by atoms with Crippen LogP contribution in [0.3, 0.4) is 0 Å². The molecule has 0 aromatic carbocycles. The highest BCUT2D eigenvalue weighted by Crippen LogP contribution is 2.24. The standard InChI is InChI=1S/C11H12N4O2S/c16-15(17)10-5-12-14(7-10)8-13-3-1-11-9(6-13)2-4-18-11/h2,4-5,7H,1,3,6,8H2. The fraction of sp³-hybridized carbons (Fsp3) is 0.364. The van der Waals surface area contributed by atoms with Crippen LogP contribution in [0.1, 0.15) is 10.4 Å². The lowest BCUT2D eigenvalue weighted by atomic mass is 10.1. The maximum Gasteiger partial charge on any atom is 0.307 e. The molecule has 7 heteroatoms.